The monoisotopic (exact) mass is 931 g/mol. The molecule has 354 valence electrons. The van der Waals surface area contributed by atoms with Gasteiger partial charge in [0.15, 0.2) is 11.4 Å². The number of piperidine rings is 1. The van der Waals surface area contributed by atoms with Gasteiger partial charge in [-0.05, 0) is 137 Å². The molecule has 67 heavy (non-hydrogen) atoms. The number of aryl methyl sites for hydroxylation is 1. The average molecular weight is 932 g/mol. The molecule has 15 nitrogen and oxygen atoms in total. The predicted octanol–water partition coefficient (Wildman–Crippen LogP) is 9.51. The fourth-order valence-corrected chi connectivity index (χ4v) is 12.7. The van der Waals surface area contributed by atoms with Crippen molar-refractivity contribution in [1.29, 1.82) is 0 Å². The van der Waals surface area contributed by atoms with E-state index >= 15 is 0 Å². The number of aromatic nitrogens is 2. The van der Waals surface area contributed by atoms with Crippen LogP contribution in [0.25, 0.3) is 11.0 Å². The summed E-state index contributed by atoms with van der Waals surface area (Å²) in [5.74, 6) is 0.195. The maximum Gasteiger partial charge on any atom is 0.297 e. The molecule has 2 atom stereocenters. The van der Waals surface area contributed by atoms with Crippen LogP contribution in [0.4, 0.5) is 17.1 Å². The quantitative estimate of drug-likeness (QED) is 0.0726. The van der Waals surface area contributed by atoms with Gasteiger partial charge in [-0.3, -0.25) is 19.8 Å². The van der Waals surface area contributed by atoms with Gasteiger partial charge >= 0.3 is 0 Å². The molecule has 2 saturated heterocycles. The van der Waals surface area contributed by atoms with Crippen LogP contribution in [0.15, 0.2) is 77.8 Å². The molecule has 16 heteroatoms. The Morgan fingerprint density at radius 2 is 1.76 bits per heavy atom. The van der Waals surface area contributed by atoms with Crippen molar-refractivity contribution in [2.45, 2.75) is 126 Å². The molecule has 2 aliphatic carbocycles. The molecule has 10 rings (SSSR count). The number of hydrogen-bond acceptors (Lipinski definition) is 12. The molecule has 1 amide bonds. The van der Waals surface area contributed by atoms with E-state index in [1.54, 1.807) is 25.3 Å². The highest BCUT2D eigenvalue weighted by Gasteiger charge is 2.50. The second-order valence-electron chi connectivity index (χ2n) is 20.4. The first-order valence-corrected chi connectivity index (χ1v) is 25.4. The third kappa shape index (κ3) is 8.83. The number of fused-ring (bicyclic) bond motifs is 2. The van der Waals surface area contributed by atoms with Gasteiger partial charge < -0.3 is 29.8 Å². The second-order valence-corrected chi connectivity index (χ2v) is 22.1. The second kappa shape index (κ2) is 17.4. The van der Waals surface area contributed by atoms with Crippen LogP contribution in [0.2, 0.25) is 0 Å². The summed E-state index contributed by atoms with van der Waals surface area (Å²) in [7, 11) is -4.67. The minimum absolute atomic E-state index is 0.00552. The molecule has 2 aromatic heterocycles. The predicted molar refractivity (Wildman–Crippen MR) is 257 cm³/mol. The number of H-pyrrole nitrogens is 1. The number of anilines is 2. The summed E-state index contributed by atoms with van der Waals surface area (Å²) in [5, 5.41) is 26.9. The maximum atomic E-state index is 14.2. The van der Waals surface area contributed by atoms with Gasteiger partial charge in [-0.15, -0.1) is 0 Å². The number of rotatable bonds is 11. The van der Waals surface area contributed by atoms with Crippen molar-refractivity contribution in [2.75, 3.05) is 36.5 Å². The number of nitro groups is 1. The van der Waals surface area contributed by atoms with E-state index in [2.05, 4.69) is 67.9 Å². The zero-order valence-corrected chi connectivity index (χ0v) is 39.5. The van der Waals surface area contributed by atoms with Gasteiger partial charge in [0.25, 0.3) is 21.6 Å². The van der Waals surface area contributed by atoms with Gasteiger partial charge in [-0.1, -0.05) is 38.1 Å². The van der Waals surface area contributed by atoms with Crippen LogP contribution in [-0.4, -0.2) is 83.1 Å². The van der Waals surface area contributed by atoms with E-state index in [0.29, 0.717) is 66.2 Å². The van der Waals surface area contributed by atoms with E-state index in [-0.39, 0.29) is 41.3 Å². The number of hydrogen-bond donors (Lipinski definition) is 4. The van der Waals surface area contributed by atoms with E-state index in [1.165, 1.54) is 42.9 Å². The van der Waals surface area contributed by atoms with Crippen molar-refractivity contribution >= 4 is 44.0 Å². The summed E-state index contributed by atoms with van der Waals surface area (Å²) in [6.45, 7) is 11.2. The molecule has 4 N–H and O–H groups in total. The van der Waals surface area contributed by atoms with Gasteiger partial charge in [0.05, 0.1) is 32.7 Å². The summed E-state index contributed by atoms with van der Waals surface area (Å²) < 4.78 is 42.7. The Bertz CT molecular complexity index is 2820. The normalized spacial score (nSPS) is 24.2. The number of carbonyl (C=O) groups is 1. The van der Waals surface area contributed by atoms with Crippen LogP contribution in [0, 0.1) is 28.4 Å². The standard InChI is InChI=1S/C51H61N7O8S/c1-31(2)38-8-5-6-9-39(38)42-10-7-21-57(42)36-28-51(29-36)18-22-56(23-19-51)35-11-12-40(45(25-35)66-44-24-34-15-20-52-48(34)53-32(44)3)49(59)55-67(63,64)37-26-43(58(61)62)47-46(27-37)65-30-41(54-47)33-13-16-50(4,60)17-14-33/h5-6,8-9,11-12,15,20,24-27,31,33,36,41-42,54,60H,7,10,13-14,16-19,21-23,28-30H2,1-4H3,(H,52,53)(H,55,59)/t33-,41-,42-,50-/m1/s1. The lowest BCUT2D eigenvalue weighted by molar-refractivity contribution is -0.384. The summed E-state index contributed by atoms with van der Waals surface area (Å²) in [5.41, 5.74) is 4.17. The molecule has 5 aliphatic rings. The van der Waals surface area contributed by atoms with Gasteiger partial charge in [0.2, 0.25) is 0 Å². The Morgan fingerprint density at radius 3 is 2.51 bits per heavy atom. The van der Waals surface area contributed by atoms with Crippen LogP contribution in [0.3, 0.4) is 0 Å². The average Bonchev–Trinajstić information content (AvgIpc) is 3.97. The van der Waals surface area contributed by atoms with Crippen LogP contribution < -0.4 is 24.4 Å². The molecule has 3 aromatic carbocycles. The lowest BCUT2D eigenvalue weighted by Crippen LogP contribution is -2.54. The molecule has 5 heterocycles. The van der Waals surface area contributed by atoms with E-state index in [0.717, 1.165) is 49.6 Å². The number of amides is 1. The molecule has 0 unspecified atom stereocenters. The number of nitrogens with one attached hydrogen (secondary N) is 3. The largest absolute Gasteiger partial charge is 0.489 e. The fourth-order valence-electron chi connectivity index (χ4n) is 11.7. The highest BCUT2D eigenvalue weighted by molar-refractivity contribution is 7.90. The third-order valence-corrected chi connectivity index (χ3v) is 16.9. The number of benzene rings is 3. The molecular formula is C51H61N7O8S. The SMILES string of the molecule is Cc1nc2[nH]ccc2cc1Oc1cc(N2CCC3(CC2)CC(N2CCC[C@@H]2c2ccccc2C(C)C)C3)ccc1C(=O)NS(=O)(=O)c1cc2c(c([N+](=O)[O-])c1)N[C@@H]([C@H]1CC[C@](C)(O)CC1)CO2. The molecule has 5 aromatic rings. The minimum atomic E-state index is -4.67. The van der Waals surface area contributed by atoms with Gasteiger partial charge in [0.1, 0.15) is 23.8 Å². The van der Waals surface area contributed by atoms with Crippen molar-refractivity contribution in [3.8, 4) is 17.2 Å². The van der Waals surface area contributed by atoms with Crippen molar-refractivity contribution in [3.63, 3.8) is 0 Å². The van der Waals surface area contributed by atoms with E-state index in [1.807, 2.05) is 25.1 Å². The van der Waals surface area contributed by atoms with Gasteiger partial charge in [-0.25, -0.2) is 18.1 Å². The smallest absolute Gasteiger partial charge is 0.297 e. The number of nitro benzene ring substituents is 1. The number of sulfonamides is 1. The summed E-state index contributed by atoms with van der Waals surface area (Å²) in [6, 6.07) is 20.8. The first-order chi connectivity index (χ1) is 32.1. The van der Waals surface area contributed by atoms with Gasteiger partial charge in [-0.2, -0.15) is 0 Å². The Labute approximate surface area is 391 Å². The van der Waals surface area contributed by atoms with Crippen molar-refractivity contribution in [3.05, 3.63) is 105 Å². The van der Waals surface area contributed by atoms with Crippen LogP contribution in [-0.2, 0) is 10.0 Å². The van der Waals surface area contributed by atoms with Crippen LogP contribution in [0.5, 0.6) is 17.2 Å². The lowest BCUT2D eigenvalue weighted by Gasteiger charge is -2.56. The van der Waals surface area contributed by atoms with Gasteiger partial charge in [0, 0.05) is 60.6 Å². The zero-order valence-electron chi connectivity index (χ0n) is 38.7. The summed E-state index contributed by atoms with van der Waals surface area (Å²) in [6.07, 6.45) is 11.3. The fraction of sp³-hybridized carbons (Fsp3) is 0.490. The number of aromatic amines is 1. The first kappa shape index (κ1) is 45.1. The molecule has 2 saturated carbocycles. The molecule has 0 bridgehead atoms. The van der Waals surface area contributed by atoms with Crippen LogP contribution >= 0.6 is 0 Å². The lowest BCUT2D eigenvalue weighted by atomic mass is 9.59. The number of aliphatic hydroxyl groups is 1. The maximum absolute atomic E-state index is 14.2. The van der Waals surface area contributed by atoms with Crippen molar-refractivity contribution in [2.24, 2.45) is 11.3 Å². The zero-order chi connectivity index (χ0) is 46.8. The Balaban J connectivity index is 0.866. The summed E-state index contributed by atoms with van der Waals surface area (Å²) in [4.78, 5) is 38.3. The highest BCUT2D eigenvalue weighted by Crippen LogP contribution is 2.54. The molecule has 1 spiro atoms. The number of ether oxygens (including phenoxy) is 2. The molecule has 4 fully saturated rings. The van der Waals surface area contributed by atoms with Crippen molar-refractivity contribution in [1.82, 2.24) is 19.6 Å². The number of nitrogens with zero attached hydrogens (tertiary/aromatic N) is 4. The number of carbonyl (C=O) groups excluding carboxylic acids is 1. The number of pyridine rings is 1. The van der Waals surface area contributed by atoms with E-state index < -0.39 is 37.0 Å². The molecule has 0 radical (unpaired) electrons. The summed E-state index contributed by atoms with van der Waals surface area (Å²) >= 11 is 0. The topological polar surface area (TPSA) is 192 Å². The first-order valence-electron chi connectivity index (χ1n) is 23.9. The molecule has 3 aliphatic heterocycles. The Morgan fingerprint density at radius 1 is 1.00 bits per heavy atom. The highest BCUT2D eigenvalue weighted by atomic mass is 32.2. The van der Waals surface area contributed by atoms with Crippen LogP contribution in [0.1, 0.15) is 124 Å². The van der Waals surface area contributed by atoms with E-state index in [4.69, 9.17) is 9.47 Å². The minimum Gasteiger partial charge on any atom is -0.489 e. The molecular weight excluding hydrogens is 871 g/mol. The van der Waals surface area contributed by atoms with Crippen molar-refractivity contribution < 1.29 is 32.7 Å². The Kier molecular flexibility index (Phi) is 11.7. The van der Waals surface area contributed by atoms with E-state index in [9.17, 15) is 28.4 Å². The number of likely N-dealkylation sites (tertiary alicyclic amines) is 1. The Hall–Kier alpha value is -5.71. The third-order valence-electron chi connectivity index (χ3n) is 15.6.